The summed E-state index contributed by atoms with van der Waals surface area (Å²) < 4.78 is 0.410. The van der Waals surface area contributed by atoms with Crippen LogP contribution in [-0.4, -0.2) is 233 Å². The second-order valence-electron chi connectivity index (χ2n) is 17.2. The smallest absolute Gasteiger partial charge is 0.317 e. The first-order valence-corrected chi connectivity index (χ1v) is 24.2. The van der Waals surface area contributed by atoms with E-state index in [1.165, 1.54) is 12.1 Å². The van der Waals surface area contributed by atoms with Gasteiger partial charge in [-0.05, 0) is 72.4 Å². The third kappa shape index (κ3) is 23.6. The number of hydrogen-bond donors (Lipinski definition) is 13. The van der Waals surface area contributed by atoms with E-state index in [0.29, 0.717) is 9.13 Å². The number of carbonyl (C=O) groups excluding carboxylic acids is 6. The van der Waals surface area contributed by atoms with E-state index in [1.54, 1.807) is 25.7 Å². The predicted octanol–water partition coefficient (Wildman–Crippen LogP) is -5.10. The van der Waals surface area contributed by atoms with E-state index in [1.807, 2.05) is 22.6 Å². The average Bonchev–Trinajstić information content (AvgIpc) is 3.29. The van der Waals surface area contributed by atoms with Crippen LogP contribution in [0.4, 0.5) is 0 Å². The highest BCUT2D eigenvalue weighted by Crippen LogP contribution is 2.21. The van der Waals surface area contributed by atoms with Gasteiger partial charge in [0.1, 0.15) is 29.9 Å². The van der Waals surface area contributed by atoms with Crippen LogP contribution in [-0.2, 0) is 54.4 Å². The minimum Gasteiger partial charge on any atom is -0.507 e. The first kappa shape index (κ1) is 59.9. The van der Waals surface area contributed by atoms with Gasteiger partial charge in [0.05, 0.1) is 42.7 Å². The monoisotopic (exact) mass is 1130 g/mol. The van der Waals surface area contributed by atoms with Crippen molar-refractivity contribution in [2.24, 2.45) is 16.5 Å². The molecule has 400 valence electrons. The number of benzene rings is 1. The molecule has 0 unspecified atom stereocenters. The van der Waals surface area contributed by atoms with Crippen molar-refractivity contribution in [2.75, 3.05) is 98.2 Å². The molecule has 0 spiro atoms. The predicted molar refractivity (Wildman–Crippen MR) is 263 cm³/mol. The van der Waals surface area contributed by atoms with Crippen LogP contribution in [0, 0.1) is 3.57 Å². The number of amides is 6. The molecule has 0 radical (unpaired) electrons. The maximum Gasteiger partial charge on any atom is 0.317 e. The van der Waals surface area contributed by atoms with Gasteiger partial charge in [0.15, 0.2) is 5.96 Å². The van der Waals surface area contributed by atoms with E-state index >= 15 is 0 Å². The Morgan fingerprint density at radius 2 is 1.10 bits per heavy atom. The van der Waals surface area contributed by atoms with E-state index in [0.717, 1.165) is 0 Å². The topological polar surface area (TPSA) is 421 Å². The van der Waals surface area contributed by atoms with Gasteiger partial charge in [0.2, 0.25) is 35.4 Å². The van der Waals surface area contributed by atoms with Gasteiger partial charge in [-0.1, -0.05) is 6.07 Å². The Bertz CT molecular complexity index is 2080. The number of unbranched alkanes of at least 4 members (excludes halogenated alkanes) is 1. The molecule has 1 aromatic carbocycles. The molecule has 29 heteroatoms. The lowest BCUT2D eigenvalue weighted by molar-refractivity contribution is -0.141. The van der Waals surface area contributed by atoms with Crippen molar-refractivity contribution in [1.82, 2.24) is 51.5 Å². The lowest BCUT2D eigenvalue weighted by Gasteiger charge is -2.32. The number of aliphatic carboxylic acids is 4. The molecule has 2 saturated heterocycles. The minimum absolute atomic E-state index is 0.0376. The van der Waals surface area contributed by atoms with Crippen LogP contribution in [0.2, 0.25) is 0 Å². The summed E-state index contributed by atoms with van der Waals surface area (Å²) in [4.78, 5) is 139. The van der Waals surface area contributed by atoms with Crippen molar-refractivity contribution in [3.63, 3.8) is 0 Å². The van der Waals surface area contributed by atoms with Crippen LogP contribution in [0.15, 0.2) is 23.2 Å². The Balaban J connectivity index is 1.82. The standard InChI is InChI=1S/C43H66IN13O15/c44-27-18-26(6-7-32(27)58)19-30-41(71)52-29(40(70)51-28(5-3-9-48-43(45)46)39(69)49-21-33(59)50-31(20-35(61)62)42(72)53-30)4-1-2-8-47-34(60)22-54-10-12-55(23-36(63)64)14-16-57(25-38(67)68)17-15-56(13-11-54)24-37(65)66/h6-7,18,28-31,58H,1-5,8-17,19-25H2,(H,47,60)(H,49,69)(H,50,59)(H,51,70)(H,52,71)(H,53,72)(H,61,62)(H,63,64)(H,65,66)(H,67,68)(H4,45,46,48)/t28-,29-,30-,31-/m0/s1. The zero-order valence-electron chi connectivity index (χ0n) is 39.7. The minimum atomic E-state index is -1.70. The van der Waals surface area contributed by atoms with Crippen LogP contribution < -0.4 is 43.4 Å². The zero-order valence-corrected chi connectivity index (χ0v) is 41.8. The molecule has 2 heterocycles. The number of carbonyl (C=O) groups is 10. The SMILES string of the molecule is NC(N)=NCCC[C@@H]1NC(=O)[C@H](CCCCNC(=O)CN2CCN(CC(=O)O)CCN(CC(=O)O)CCN(CC(=O)O)CC2)NC(=O)[C@H](Cc2ccc(O)c(I)c2)NC(=O)[C@H](CC(=O)O)NC(=O)CNC1=O. The zero-order chi connectivity index (χ0) is 53.3. The normalized spacial score (nSPS) is 21.1. The molecule has 4 atom stereocenters. The fraction of sp³-hybridized carbons (Fsp3) is 0.605. The number of aliphatic imine (C=N–C) groups is 1. The van der Waals surface area contributed by atoms with Crippen LogP contribution >= 0.6 is 22.6 Å². The molecule has 28 nitrogen and oxygen atoms in total. The number of nitrogens with two attached hydrogens (primary N) is 2. The molecule has 1 aromatic rings. The first-order chi connectivity index (χ1) is 34.1. The Morgan fingerprint density at radius 1 is 0.625 bits per heavy atom. The summed E-state index contributed by atoms with van der Waals surface area (Å²) in [5.74, 6) is -9.97. The third-order valence-electron chi connectivity index (χ3n) is 11.4. The molecule has 0 bridgehead atoms. The second-order valence-corrected chi connectivity index (χ2v) is 18.4. The summed E-state index contributed by atoms with van der Waals surface area (Å²) in [5, 5.41) is 63.4. The summed E-state index contributed by atoms with van der Waals surface area (Å²) in [6.45, 7) is -0.0789. The number of nitrogens with one attached hydrogen (secondary N) is 6. The number of halogens is 1. The molecule has 2 aliphatic rings. The van der Waals surface area contributed by atoms with Gasteiger partial charge in [0, 0.05) is 71.9 Å². The fourth-order valence-corrected chi connectivity index (χ4v) is 8.23. The summed E-state index contributed by atoms with van der Waals surface area (Å²) in [7, 11) is 0. The van der Waals surface area contributed by atoms with Gasteiger partial charge < -0.3 is 68.9 Å². The van der Waals surface area contributed by atoms with Crippen LogP contribution in [0.25, 0.3) is 0 Å². The molecule has 3 rings (SSSR count). The van der Waals surface area contributed by atoms with E-state index in [-0.39, 0.29) is 142 Å². The van der Waals surface area contributed by atoms with Gasteiger partial charge in [-0.3, -0.25) is 72.5 Å². The van der Waals surface area contributed by atoms with Crippen molar-refractivity contribution >= 4 is 87.9 Å². The lowest BCUT2D eigenvalue weighted by Crippen LogP contribution is -2.58. The van der Waals surface area contributed by atoms with Gasteiger partial charge in [0.25, 0.3) is 0 Å². The highest BCUT2D eigenvalue weighted by molar-refractivity contribution is 14.1. The maximum absolute atomic E-state index is 14.2. The third-order valence-corrected chi connectivity index (χ3v) is 12.2. The Morgan fingerprint density at radius 3 is 1.60 bits per heavy atom. The van der Waals surface area contributed by atoms with E-state index in [2.05, 4.69) is 36.9 Å². The Labute approximate surface area is 428 Å². The molecule has 2 fully saturated rings. The average molecular weight is 1130 g/mol. The number of aromatic hydroxyl groups is 1. The molecule has 0 saturated carbocycles. The summed E-state index contributed by atoms with van der Waals surface area (Å²) in [5.41, 5.74) is 11.3. The van der Waals surface area contributed by atoms with Crippen molar-refractivity contribution in [3.8, 4) is 5.75 Å². The van der Waals surface area contributed by atoms with Crippen molar-refractivity contribution < 1.29 is 73.5 Å². The lowest BCUT2D eigenvalue weighted by atomic mass is 10.0. The van der Waals surface area contributed by atoms with E-state index in [9.17, 15) is 73.5 Å². The molecular weight excluding hydrogens is 1070 g/mol. The first-order valence-electron chi connectivity index (χ1n) is 23.1. The van der Waals surface area contributed by atoms with Gasteiger partial charge >= 0.3 is 23.9 Å². The number of hydrogen-bond acceptors (Lipinski definition) is 16. The van der Waals surface area contributed by atoms with Crippen molar-refractivity contribution in [3.05, 3.63) is 27.3 Å². The largest absolute Gasteiger partial charge is 0.507 e. The molecular formula is C43H66IN13O15. The molecule has 15 N–H and O–H groups in total. The van der Waals surface area contributed by atoms with Crippen LogP contribution in [0.5, 0.6) is 5.75 Å². The quantitative estimate of drug-likeness (QED) is 0.0237. The number of nitrogens with zero attached hydrogens (tertiary/aromatic N) is 5. The number of phenols is 1. The molecule has 6 amide bonds. The highest BCUT2D eigenvalue weighted by atomic mass is 127. The van der Waals surface area contributed by atoms with Crippen LogP contribution in [0.3, 0.4) is 0 Å². The molecule has 72 heavy (non-hydrogen) atoms. The number of phenolic OH excluding ortho intramolecular Hbond substituents is 1. The summed E-state index contributed by atoms with van der Waals surface area (Å²) in [6, 6.07) is -1.41. The number of carboxylic acids is 4. The molecule has 2 aliphatic heterocycles. The molecule has 0 aromatic heterocycles. The van der Waals surface area contributed by atoms with Gasteiger partial charge in [-0.15, -0.1) is 0 Å². The number of rotatable bonds is 21. The maximum atomic E-state index is 14.2. The summed E-state index contributed by atoms with van der Waals surface area (Å²) >= 11 is 1.86. The van der Waals surface area contributed by atoms with Gasteiger partial charge in [-0.25, -0.2) is 0 Å². The fourth-order valence-electron chi connectivity index (χ4n) is 7.65. The number of carboxylic acid groups (broad SMARTS) is 4. The second kappa shape index (κ2) is 31.1. The van der Waals surface area contributed by atoms with E-state index in [4.69, 9.17) is 11.5 Å². The van der Waals surface area contributed by atoms with Crippen molar-refractivity contribution in [1.29, 1.82) is 0 Å². The number of guanidine groups is 1. The highest BCUT2D eigenvalue weighted by Gasteiger charge is 2.33. The van der Waals surface area contributed by atoms with Crippen LogP contribution in [0.1, 0.15) is 44.1 Å². The van der Waals surface area contributed by atoms with Gasteiger partial charge in [-0.2, -0.15) is 0 Å². The summed E-state index contributed by atoms with van der Waals surface area (Å²) in [6.07, 6.45) is -0.576. The van der Waals surface area contributed by atoms with Crippen molar-refractivity contribution in [2.45, 2.75) is 69.1 Å². The Hall–Kier alpha value is -6.44. The molecule has 0 aliphatic carbocycles. The van der Waals surface area contributed by atoms with E-state index < -0.39 is 96.5 Å². The Kier molecular flexibility index (Phi) is 25.9.